The minimum absolute atomic E-state index is 0.226. The molecular formula is C24H21N3O5. The third-order valence-electron chi connectivity index (χ3n) is 4.26. The van der Waals surface area contributed by atoms with Crippen LogP contribution in [0.2, 0.25) is 0 Å². The van der Waals surface area contributed by atoms with Crippen molar-refractivity contribution in [2.24, 2.45) is 5.10 Å². The molecule has 2 amide bonds. The van der Waals surface area contributed by atoms with Crippen LogP contribution in [0.4, 0.5) is 0 Å². The van der Waals surface area contributed by atoms with E-state index in [-0.39, 0.29) is 12.5 Å². The number of hydrogen-bond donors (Lipinski definition) is 2. The van der Waals surface area contributed by atoms with Gasteiger partial charge in [0.15, 0.2) is 0 Å². The van der Waals surface area contributed by atoms with Crippen molar-refractivity contribution in [3.8, 4) is 11.5 Å². The predicted octanol–water partition coefficient (Wildman–Crippen LogP) is 2.79. The van der Waals surface area contributed by atoms with Crippen LogP contribution in [-0.4, -0.2) is 37.7 Å². The third-order valence-corrected chi connectivity index (χ3v) is 4.26. The second-order valence-electron chi connectivity index (χ2n) is 6.53. The zero-order valence-corrected chi connectivity index (χ0v) is 17.3. The highest BCUT2D eigenvalue weighted by atomic mass is 16.5. The van der Waals surface area contributed by atoms with Gasteiger partial charge in [-0.2, -0.15) is 5.10 Å². The van der Waals surface area contributed by atoms with E-state index in [0.717, 1.165) is 0 Å². The van der Waals surface area contributed by atoms with E-state index in [9.17, 15) is 14.4 Å². The minimum atomic E-state index is -0.475. The summed E-state index contributed by atoms with van der Waals surface area (Å²) in [4.78, 5) is 35.9. The lowest BCUT2D eigenvalue weighted by Gasteiger charge is -2.05. The van der Waals surface area contributed by atoms with Crippen molar-refractivity contribution in [2.45, 2.75) is 0 Å². The molecule has 0 atom stereocenters. The molecule has 3 aromatic carbocycles. The lowest BCUT2D eigenvalue weighted by atomic mass is 10.2. The highest BCUT2D eigenvalue weighted by Gasteiger charge is 2.08. The molecule has 0 radical (unpaired) electrons. The summed E-state index contributed by atoms with van der Waals surface area (Å²) < 4.78 is 10.3. The first-order valence-electron chi connectivity index (χ1n) is 9.66. The summed E-state index contributed by atoms with van der Waals surface area (Å²) in [6.45, 7) is -0.226. The van der Waals surface area contributed by atoms with Crippen LogP contribution in [0.25, 0.3) is 0 Å². The van der Waals surface area contributed by atoms with Gasteiger partial charge in [-0.25, -0.2) is 10.2 Å². The van der Waals surface area contributed by atoms with Gasteiger partial charge in [-0.15, -0.1) is 0 Å². The topological polar surface area (TPSA) is 106 Å². The highest BCUT2D eigenvalue weighted by molar-refractivity contribution is 5.96. The number of methoxy groups -OCH3 is 1. The maximum Gasteiger partial charge on any atom is 0.343 e. The molecule has 0 aliphatic carbocycles. The molecule has 0 aromatic heterocycles. The van der Waals surface area contributed by atoms with Crippen molar-refractivity contribution >= 4 is 24.0 Å². The fourth-order valence-electron chi connectivity index (χ4n) is 2.59. The average molecular weight is 431 g/mol. The molecule has 162 valence electrons. The van der Waals surface area contributed by atoms with Crippen LogP contribution in [0.15, 0.2) is 84.0 Å². The number of amides is 2. The smallest absolute Gasteiger partial charge is 0.343 e. The van der Waals surface area contributed by atoms with Gasteiger partial charge in [0.2, 0.25) is 0 Å². The van der Waals surface area contributed by atoms with Crippen molar-refractivity contribution in [1.82, 2.24) is 10.7 Å². The summed E-state index contributed by atoms with van der Waals surface area (Å²) in [5, 5.41) is 6.36. The van der Waals surface area contributed by atoms with Gasteiger partial charge in [-0.05, 0) is 66.2 Å². The number of benzene rings is 3. The van der Waals surface area contributed by atoms with Gasteiger partial charge in [0, 0.05) is 5.56 Å². The summed E-state index contributed by atoms with van der Waals surface area (Å²) in [6.07, 6.45) is 1.44. The zero-order chi connectivity index (χ0) is 22.8. The molecule has 0 fully saturated rings. The van der Waals surface area contributed by atoms with Gasteiger partial charge in [0.05, 0.1) is 25.4 Å². The summed E-state index contributed by atoms with van der Waals surface area (Å²) in [5.41, 5.74) is 3.89. The molecule has 8 nitrogen and oxygen atoms in total. The first-order valence-corrected chi connectivity index (χ1v) is 9.66. The number of hydrazone groups is 1. The number of nitrogens with zero attached hydrogens (tertiary/aromatic N) is 1. The van der Waals surface area contributed by atoms with E-state index >= 15 is 0 Å². The number of hydrogen-bond acceptors (Lipinski definition) is 6. The van der Waals surface area contributed by atoms with E-state index in [2.05, 4.69) is 15.8 Å². The average Bonchev–Trinajstić information content (AvgIpc) is 2.84. The zero-order valence-electron chi connectivity index (χ0n) is 17.3. The summed E-state index contributed by atoms with van der Waals surface area (Å²) in [5.74, 6) is -0.280. The standard InChI is InChI=1S/C24H21N3O5/c1-31-20-13-9-18(10-14-20)23(29)25-16-22(28)27-26-15-17-7-11-21(12-8-17)32-24(30)19-5-3-2-4-6-19/h2-15H,16H2,1H3,(H,25,29)(H,27,28)/b26-15-. The van der Waals surface area contributed by atoms with Crippen molar-refractivity contribution in [2.75, 3.05) is 13.7 Å². The van der Waals surface area contributed by atoms with Gasteiger partial charge >= 0.3 is 5.97 Å². The lowest BCUT2D eigenvalue weighted by molar-refractivity contribution is -0.120. The molecule has 0 heterocycles. The minimum Gasteiger partial charge on any atom is -0.497 e. The number of esters is 1. The quantitative estimate of drug-likeness (QED) is 0.247. The predicted molar refractivity (Wildman–Crippen MR) is 119 cm³/mol. The van der Waals surface area contributed by atoms with Gasteiger partial charge in [-0.1, -0.05) is 18.2 Å². The molecule has 32 heavy (non-hydrogen) atoms. The molecule has 0 aliphatic heterocycles. The third kappa shape index (κ3) is 6.53. The summed E-state index contributed by atoms with van der Waals surface area (Å²) in [7, 11) is 1.54. The van der Waals surface area contributed by atoms with Crippen LogP contribution in [0.5, 0.6) is 11.5 Å². The second kappa shape index (κ2) is 11.1. The Kier molecular flexibility index (Phi) is 7.69. The molecule has 0 spiro atoms. The normalized spacial score (nSPS) is 10.4. The van der Waals surface area contributed by atoms with Crippen LogP contribution in [0.1, 0.15) is 26.3 Å². The van der Waals surface area contributed by atoms with Crippen molar-refractivity contribution in [3.63, 3.8) is 0 Å². The molecule has 3 aromatic rings. The Morgan fingerprint density at radius 1 is 0.844 bits per heavy atom. The molecule has 0 saturated carbocycles. The van der Waals surface area contributed by atoms with E-state index in [1.807, 2.05) is 6.07 Å². The largest absolute Gasteiger partial charge is 0.497 e. The van der Waals surface area contributed by atoms with Crippen LogP contribution in [0.3, 0.4) is 0 Å². The summed E-state index contributed by atoms with van der Waals surface area (Å²) in [6, 6.07) is 21.8. The second-order valence-corrected chi connectivity index (χ2v) is 6.53. The first-order chi connectivity index (χ1) is 15.5. The van der Waals surface area contributed by atoms with E-state index < -0.39 is 11.9 Å². The number of carbonyl (C=O) groups is 3. The lowest BCUT2D eigenvalue weighted by Crippen LogP contribution is -2.34. The molecule has 8 heteroatoms. The Hall–Kier alpha value is -4.46. The molecule has 0 aliphatic rings. The van der Waals surface area contributed by atoms with E-state index in [0.29, 0.717) is 28.2 Å². The fourth-order valence-corrected chi connectivity index (χ4v) is 2.59. The van der Waals surface area contributed by atoms with Gasteiger partial charge < -0.3 is 14.8 Å². The van der Waals surface area contributed by atoms with Crippen molar-refractivity contribution in [1.29, 1.82) is 0 Å². The van der Waals surface area contributed by atoms with Crippen LogP contribution in [-0.2, 0) is 4.79 Å². The Balaban J connectivity index is 1.43. The summed E-state index contributed by atoms with van der Waals surface area (Å²) >= 11 is 0. The van der Waals surface area contributed by atoms with Crippen molar-refractivity contribution in [3.05, 3.63) is 95.6 Å². The van der Waals surface area contributed by atoms with Gasteiger partial charge in [0.1, 0.15) is 11.5 Å². The van der Waals surface area contributed by atoms with Gasteiger partial charge in [0.25, 0.3) is 11.8 Å². The Morgan fingerprint density at radius 2 is 1.50 bits per heavy atom. The number of ether oxygens (including phenoxy) is 2. The maximum atomic E-state index is 12.0. The Bertz CT molecular complexity index is 1090. The molecule has 3 rings (SSSR count). The maximum absolute atomic E-state index is 12.0. The molecule has 0 bridgehead atoms. The number of nitrogens with one attached hydrogen (secondary N) is 2. The van der Waals surface area contributed by atoms with Crippen LogP contribution < -0.4 is 20.2 Å². The SMILES string of the molecule is COc1ccc(C(=O)NCC(=O)N/N=C\c2ccc(OC(=O)c3ccccc3)cc2)cc1. The fraction of sp³-hybridized carbons (Fsp3) is 0.0833. The van der Waals surface area contributed by atoms with E-state index in [1.54, 1.807) is 72.8 Å². The molecule has 2 N–H and O–H groups in total. The van der Waals surface area contributed by atoms with E-state index in [4.69, 9.17) is 9.47 Å². The first kappa shape index (κ1) is 22.2. The molecule has 0 saturated heterocycles. The Labute approximate surface area is 184 Å². The van der Waals surface area contributed by atoms with E-state index in [1.165, 1.54) is 13.3 Å². The van der Waals surface area contributed by atoms with Crippen LogP contribution in [0, 0.1) is 0 Å². The van der Waals surface area contributed by atoms with Crippen LogP contribution >= 0.6 is 0 Å². The van der Waals surface area contributed by atoms with Gasteiger partial charge in [-0.3, -0.25) is 9.59 Å². The molecule has 0 unspecified atom stereocenters. The monoisotopic (exact) mass is 431 g/mol. The number of carbonyl (C=O) groups excluding carboxylic acids is 3. The Morgan fingerprint density at radius 3 is 2.16 bits per heavy atom. The van der Waals surface area contributed by atoms with Crippen molar-refractivity contribution < 1.29 is 23.9 Å². The number of rotatable bonds is 8. The molecular weight excluding hydrogens is 410 g/mol. The highest BCUT2D eigenvalue weighted by Crippen LogP contribution is 2.14.